The number of dihydropyridines is 1. The number of nitriles is 1. The highest BCUT2D eigenvalue weighted by atomic mass is 32.2. The Kier molecular flexibility index (Phi) is 10.7. The van der Waals surface area contributed by atoms with Gasteiger partial charge in [0, 0.05) is 11.4 Å². The van der Waals surface area contributed by atoms with E-state index in [1.807, 2.05) is 61.5 Å². The summed E-state index contributed by atoms with van der Waals surface area (Å²) in [5.41, 5.74) is 4.39. The number of amides is 1. The van der Waals surface area contributed by atoms with Crippen LogP contribution in [-0.4, -0.2) is 31.3 Å². The molecule has 1 unspecified atom stereocenters. The SMILES string of the molecule is C=CCOC(=O)C1=C(C)NC(SCC(=O)Nc2ccccc2C)=C(C#N)C1c1ccc(OCc2ccccc2)c(OC)c1. The number of carbonyl (C=O) groups excluding carboxylic acids is 2. The Morgan fingerprint density at radius 2 is 1.81 bits per heavy atom. The van der Waals surface area contributed by atoms with Crippen molar-refractivity contribution in [3.05, 3.63) is 124 Å². The summed E-state index contributed by atoms with van der Waals surface area (Å²) in [7, 11) is 1.53. The van der Waals surface area contributed by atoms with E-state index in [4.69, 9.17) is 14.2 Å². The van der Waals surface area contributed by atoms with E-state index in [1.54, 1.807) is 25.1 Å². The van der Waals surface area contributed by atoms with Crippen molar-refractivity contribution >= 4 is 29.3 Å². The van der Waals surface area contributed by atoms with Crippen molar-refractivity contribution < 1.29 is 23.8 Å². The predicted octanol–water partition coefficient (Wildman–Crippen LogP) is 6.38. The van der Waals surface area contributed by atoms with Crippen LogP contribution in [0.3, 0.4) is 0 Å². The molecule has 0 saturated heterocycles. The zero-order chi connectivity index (χ0) is 30.8. The van der Waals surface area contributed by atoms with E-state index in [0.29, 0.717) is 34.4 Å². The Hall–Kier alpha value is -4.94. The lowest BCUT2D eigenvalue weighted by Crippen LogP contribution is -2.29. The van der Waals surface area contributed by atoms with Gasteiger partial charge in [0.05, 0.1) is 41.0 Å². The topological polar surface area (TPSA) is 110 Å². The molecule has 0 bridgehead atoms. The lowest BCUT2D eigenvalue weighted by atomic mass is 9.82. The second-order valence-electron chi connectivity index (χ2n) is 9.67. The number of thioether (sulfide) groups is 1. The number of ether oxygens (including phenoxy) is 3. The molecule has 1 aliphatic heterocycles. The quantitative estimate of drug-likeness (QED) is 0.183. The summed E-state index contributed by atoms with van der Waals surface area (Å²) >= 11 is 1.19. The number of esters is 1. The number of allylic oxidation sites excluding steroid dienone is 2. The largest absolute Gasteiger partial charge is 0.493 e. The first-order valence-electron chi connectivity index (χ1n) is 13.6. The van der Waals surface area contributed by atoms with Gasteiger partial charge in [0.25, 0.3) is 0 Å². The first kappa shape index (κ1) is 31.0. The first-order chi connectivity index (χ1) is 20.9. The van der Waals surface area contributed by atoms with E-state index in [2.05, 4.69) is 23.3 Å². The van der Waals surface area contributed by atoms with Crippen molar-refractivity contribution in [1.29, 1.82) is 5.26 Å². The number of hydrogen-bond donors (Lipinski definition) is 2. The molecule has 0 radical (unpaired) electrons. The van der Waals surface area contributed by atoms with Gasteiger partial charge in [-0.05, 0) is 48.7 Å². The maximum absolute atomic E-state index is 13.3. The molecule has 0 aliphatic carbocycles. The highest BCUT2D eigenvalue weighted by Crippen LogP contribution is 2.43. The Balaban J connectivity index is 1.65. The molecule has 0 fully saturated rings. The standard InChI is InChI=1S/C34H33N3O5S/c1-5-17-41-34(39)31-23(3)36-33(43-21-30(38)37-27-14-10-9-11-22(27)2)26(19-35)32(31)25-15-16-28(29(18-25)40-4)42-20-24-12-7-6-8-13-24/h5-16,18,32,36H,1,17,20-21H2,2-4H3,(H,37,38). The fourth-order valence-electron chi connectivity index (χ4n) is 4.60. The number of nitrogens with one attached hydrogen (secondary N) is 2. The first-order valence-corrected chi connectivity index (χ1v) is 14.6. The molecule has 9 heteroatoms. The lowest BCUT2D eigenvalue weighted by Gasteiger charge is -2.29. The smallest absolute Gasteiger partial charge is 0.337 e. The minimum Gasteiger partial charge on any atom is -0.493 e. The second-order valence-corrected chi connectivity index (χ2v) is 10.7. The molecule has 43 heavy (non-hydrogen) atoms. The molecular weight excluding hydrogens is 562 g/mol. The zero-order valence-corrected chi connectivity index (χ0v) is 25.1. The molecule has 1 aliphatic rings. The molecule has 1 atom stereocenters. The monoisotopic (exact) mass is 595 g/mol. The van der Waals surface area contributed by atoms with Gasteiger partial charge >= 0.3 is 5.97 Å². The van der Waals surface area contributed by atoms with Crippen molar-refractivity contribution in [2.75, 3.05) is 24.8 Å². The number of nitrogens with zero attached hydrogens (tertiary/aromatic N) is 1. The molecule has 1 heterocycles. The third kappa shape index (κ3) is 7.67. The molecular formula is C34H33N3O5S. The van der Waals surface area contributed by atoms with Crippen molar-refractivity contribution in [2.45, 2.75) is 26.4 Å². The van der Waals surface area contributed by atoms with E-state index >= 15 is 0 Å². The van der Waals surface area contributed by atoms with E-state index in [-0.39, 0.29) is 29.4 Å². The molecule has 0 spiro atoms. The third-order valence-electron chi connectivity index (χ3n) is 6.72. The van der Waals surface area contributed by atoms with E-state index in [1.165, 1.54) is 24.9 Å². The second kappa shape index (κ2) is 14.8. The Bertz CT molecular complexity index is 1610. The summed E-state index contributed by atoms with van der Waals surface area (Å²) in [6.07, 6.45) is 1.48. The average molecular weight is 596 g/mol. The van der Waals surface area contributed by atoms with Gasteiger partial charge in [-0.3, -0.25) is 4.79 Å². The van der Waals surface area contributed by atoms with Crippen LogP contribution in [0.15, 0.2) is 107 Å². The van der Waals surface area contributed by atoms with Crippen LogP contribution in [0, 0.1) is 18.3 Å². The number of benzene rings is 3. The summed E-state index contributed by atoms with van der Waals surface area (Å²) in [5.74, 6) is -0.553. The highest BCUT2D eigenvalue weighted by molar-refractivity contribution is 8.03. The fraction of sp³-hybridized carbons (Fsp3) is 0.206. The Morgan fingerprint density at radius 3 is 2.51 bits per heavy atom. The van der Waals surface area contributed by atoms with Gasteiger partial charge < -0.3 is 24.8 Å². The van der Waals surface area contributed by atoms with Gasteiger partial charge in [-0.1, -0.05) is 79.0 Å². The summed E-state index contributed by atoms with van der Waals surface area (Å²) in [6.45, 7) is 7.65. The van der Waals surface area contributed by atoms with Crippen LogP contribution >= 0.6 is 11.8 Å². The molecule has 2 N–H and O–H groups in total. The van der Waals surface area contributed by atoms with Crippen molar-refractivity contribution in [2.24, 2.45) is 0 Å². The minimum atomic E-state index is -0.775. The van der Waals surface area contributed by atoms with Crippen molar-refractivity contribution in [3.8, 4) is 17.6 Å². The third-order valence-corrected chi connectivity index (χ3v) is 7.74. The van der Waals surface area contributed by atoms with Gasteiger partial charge in [0.1, 0.15) is 13.2 Å². The Morgan fingerprint density at radius 1 is 1.07 bits per heavy atom. The van der Waals surface area contributed by atoms with Crippen LogP contribution in [0.1, 0.15) is 29.5 Å². The molecule has 0 saturated carbocycles. The van der Waals surface area contributed by atoms with Crippen molar-refractivity contribution in [3.63, 3.8) is 0 Å². The molecule has 1 amide bonds. The van der Waals surface area contributed by atoms with Crippen LogP contribution in [0.2, 0.25) is 0 Å². The van der Waals surface area contributed by atoms with Gasteiger partial charge in [-0.15, -0.1) is 0 Å². The molecule has 0 aromatic heterocycles. The minimum absolute atomic E-state index is 0.0181. The van der Waals surface area contributed by atoms with Crippen LogP contribution < -0.4 is 20.1 Å². The number of aryl methyl sites for hydroxylation is 1. The van der Waals surface area contributed by atoms with Crippen LogP contribution in [0.5, 0.6) is 11.5 Å². The van der Waals surface area contributed by atoms with E-state index in [9.17, 15) is 14.9 Å². The van der Waals surface area contributed by atoms with Crippen LogP contribution in [0.4, 0.5) is 5.69 Å². The Labute approximate surface area is 256 Å². The number of carbonyl (C=O) groups is 2. The maximum atomic E-state index is 13.3. The van der Waals surface area contributed by atoms with Crippen molar-refractivity contribution in [1.82, 2.24) is 5.32 Å². The number of hydrogen-bond acceptors (Lipinski definition) is 8. The molecule has 8 nitrogen and oxygen atoms in total. The maximum Gasteiger partial charge on any atom is 0.337 e. The normalized spacial score (nSPS) is 14.3. The molecule has 3 aromatic carbocycles. The number of rotatable bonds is 12. The number of para-hydroxylation sites is 1. The van der Waals surface area contributed by atoms with Gasteiger partial charge in [0.15, 0.2) is 11.5 Å². The summed E-state index contributed by atoms with van der Waals surface area (Å²) in [4.78, 5) is 26.1. The summed E-state index contributed by atoms with van der Waals surface area (Å²) in [5, 5.41) is 16.9. The number of methoxy groups -OCH3 is 1. The van der Waals surface area contributed by atoms with Gasteiger partial charge in [-0.2, -0.15) is 5.26 Å². The average Bonchev–Trinajstić information content (AvgIpc) is 3.02. The number of anilines is 1. The van der Waals surface area contributed by atoms with Crippen LogP contribution in [-0.2, 0) is 20.9 Å². The van der Waals surface area contributed by atoms with E-state index in [0.717, 1.165) is 16.8 Å². The molecule has 3 aromatic rings. The van der Waals surface area contributed by atoms with E-state index < -0.39 is 11.9 Å². The summed E-state index contributed by atoms with van der Waals surface area (Å²) < 4.78 is 17.1. The molecule has 220 valence electrons. The van der Waals surface area contributed by atoms with Gasteiger partial charge in [0.2, 0.25) is 5.91 Å². The fourth-order valence-corrected chi connectivity index (χ4v) is 5.49. The zero-order valence-electron chi connectivity index (χ0n) is 24.3. The lowest BCUT2D eigenvalue weighted by molar-refractivity contribution is -0.138. The highest BCUT2D eigenvalue weighted by Gasteiger charge is 2.36. The van der Waals surface area contributed by atoms with Gasteiger partial charge in [-0.25, -0.2) is 4.79 Å². The predicted molar refractivity (Wildman–Crippen MR) is 168 cm³/mol. The van der Waals surface area contributed by atoms with Crippen LogP contribution in [0.25, 0.3) is 0 Å². The summed E-state index contributed by atoms with van der Waals surface area (Å²) in [6, 6.07) is 24.9. The molecule has 4 rings (SSSR count).